The fraction of sp³-hybridized carbons (Fsp3) is 0.357. The van der Waals surface area contributed by atoms with Gasteiger partial charge in [0.15, 0.2) is 0 Å². The van der Waals surface area contributed by atoms with Gasteiger partial charge in [0.1, 0.15) is 5.82 Å². The van der Waals surface area contributed by atoms with Crippen LogP contribution in [0.3, 0.4) is 0 Å². The van der Waals surface area contributed by atoms with Crippen LogP contribution in [0.5, 0.6) is 0 Å². The summed E-state index contributed by atoms with van der Waals surface area (Å²) >= 11 is 0. The Labute approximate surface area is 213 Å². The lowest BCUT2D eigenvalue weighted by Crippen LogP contribution is -2.26. The number of anilines is 1. The normalized spacial score (nSPS) is 13.6. The number of benzene rings is 1. The molecular formula is C28H31F6N3. The predicted octanol–water partition coefficient (Wildman–Crippen LogP) is 8.79. The molecule has 0 amide bonds. The van der Waals surface area contributed by atoms with Crippen LogP contribution in [-0.2, 0) is 18.9 Å². The van der Waals surface area contributed by atoms with Crippen LogP contribution in [0.1, 0.15) is 56.2 Å². The van der Waals surface area contributed by atoms with Crippen molar-refractivity contribution in [2.24, 2.45) is 4.99 Å². The highest BCUT2D eigenvalue weighted by Crippen LogP contribution is 2.38. The molecule has 2 heterocycles. The van der Waals surface area contributed by atoms with Gasteiger partial charge in [0.05, 0.1) is 11.1 Å². The predicted molar refractivity (Wildman–Crippen MR) is 136 cm³/mol. The fourth-order valence-electron chi connectivity index (χ4n) is 3.69. The van der Waals surface area contributed by atoms with E-state index in [0.29, 0.717) is 37.7 Å². The molecular weight excluding hydrogens is 492 g/mol. The maximum atomic E-state index is 13.6. The van der Waals surface area contributed by atoms with Crippen molar-refractivity contribution in [3.63, 3.8) is 0 Å². The van der Waals surface area contributed by atoms with Crippen molar-refractivity contribution in [3.05, 3.63) is 95.9 Å². The second kappa shape index (κ2) is 13.8. The topological polar surface area (TPSA) is 28.5 Å². The first kappa shape index (κ1) is 29.9. The molecule has 1 aromatic heterocycles. The third-order valence-electron chi connectivity index (χ3n) is 5.46. The summed E-state index contributed by atoms with van der Waals surface area (Å²) < 4.78 is 80.0. The number of hydrogen-bond acceptors (Lipinski definition) is 3. The average Bonchev–Trinajstić information content (AvgIpc) is 3.11. The Morgan fingerprint density at radius 3 is 2.38 bits per heavy atom. The van der Waals surface area contributed by atoms with Crippen molar-refractivity contribution in [1.29, 1.82) is 0 Å². The first-order valence-corrected chi connectivity index (χ1v) is 12.1. The number of aromatic nitrogens is 1. The molecule has 0 N–H and O–H groups in total. The third-order valence-corrected chi connectivity index (χ3v) is 5.46. The lowest BCUT2D eigenvalue weighted by Gasteiger charge is -2.26. The molecule has 3 nitrogen and oxygen atoms in total. The van der Waals surface area contributed by atoms with Gasteiger partial charge in [-0.25, -0.2) is 4.98 Å². The molecule has 1 aliphatic rings. The average molecular weight is 524 g/mol. The van der Waals surface area contributed by atoms with Crippen molar-refractivity contribution in [2.75, 3.05) is 11.4 Å². The second-order valence-electron chi connectivity index (χ2n) is 8.03. The van der Waals surface area contributed by atoms with Crippen molar-refractivity contribution in [1.82, 2.24) is 4.98 Å². The first-order valence-electron chi connectivity index (χ1n) is 12.1. The number of unbranched alkanes of at least 4 members (excludes halogenated alkanes) is 1. The molecule has 2 aromatic rings. The molecule has 1 aromatic carbocycles. The van der Waals surface area contributed by atoms with Crippen LogP contribution in [0.25, 0.3) is 0 Å². The van der Waals surface area contributed by atoms with Gasteiger partial charge >= 0.3 is 12.4 Å². The SMILES string of the molecule is C=CC1=NC(CCCCN(Cc2ccc(C(F)(F)F)cc2C(F)(F)F)c2ccccn2)=CC=CC1.CC. The quantitative estimate of drug-likeness (QED) is 0.243. The molecule has 0 fully saturated rings. The Bertz CT molecular complexity index is 1100. The zero-order valence-corrected chi connectivity index (χ0v) is 20.9. The minimum atomic E-state index is -4.92. The summed E-state index contributed by atoms with van der Waals surface area (Å²) in [5.41, 5.74) is -1.12. The molecule has 9 heteroatoms. The van der Waals surface area contributed by atoms with E-state index in [1.165, 1.54) is 6.20 Å². The lowest BCUT2D eigenvalue weighted by molar-refractivity contribution is -0.143. The molecule has 0 saturated heterocycles. The van der Waals surface area contributed by atoms with E-state index in [0.717, 1.165) is 23.9 Å². The maximum absolute atomic E-state index is 13.6. The molecule has 0 aliphatic carbocycles. The van der Waals surface area contributed by atoms with Crippen molar-refractivity contribution < 1.29 is 26.3 Å². The van der Waals surface area contributed by atoms with E-state index in [2.05, 4.69) is 16.6 Å². The summed E-state index contributed by atoms with van der Waals surface area (Å²) in [6, 6.07) is 6.81. The maximum Gasteiger partial charge on any atom is 0.416 e. The van der Waals surface area contributed by atoms with Crippen LogP contribution in [0, 0.1) is 0 Å². The van der Waals surface area contributed by atoms with Gasteiger partial charge in [-0.15, -0.1) is 0 Å². The van der Waals surface area contributed by atoms with E-state index in [-0.39, 0.29) is 18.2 Å². The van der Waals surface area contributed by atoms with Gasteiger partial charge in [0, 0.05) is 37.1 Å². The molecule has 200 valence electrons. The van der Waals surface area contributed by atoms with Gasteiger partial charge in [-0.3, -0.25) is 4.99 Å². The van der Waals surface area contributed by atoms with Crippen LogP contribution in [-0.4, -0.2) is 17.2 Å². The number of pyridine rings is 1. The van der Waals surface area contributed by atoms with Gasteiger partial charge in [-0.05, 0) is 61.2 Å². The smallest absolute Gasteiger partial charge is 0.352 e. The van der Waals surface area contributed by atoms with E-state index in [9.17, 15) is 26.3 Å². The lowest BCUT2D eigenvalue weighted by atomic mass is 10.0. The van der Waals surface area contributed by atoms with Crippen molar-refractivity contribution in [3.8, 4) is 0 Å². The molecule has 37 heavy (non-hydrogen) atoms. The third kappa shape index (κ3) is 9.22. The number of aliphatic imine (C=N–C) groups is 1. The zero-order chi connectivity index (χ0) is 27.5. The summed E-state index contributed by atoms with van der Waals surface area (Å²) in [5, 5.41) is 0. The molecule has 0 radical (unpaired) electrons. The monoisotopic (exact) mass is 523 g/mol. The summed E-state index contributed by atoms with van der Waals surface area (Å²) in [7, 11) is 0. The van der Waals surface area contributed by atoms with Crippen LogP contribution >= 0.6 is 0 Å². The van der Waals surface area contributed by atoms with Crippen LogP contribution in [0.15, 0.2) is 84.2 Å². The number of hydrogen-bond donors (Lipinski definition) is 0. The van der Waals surface area contributed by atoms with Crippen molar-refractivity contribution in [2.45, 2.75) is 58.4 Å². The van der Waals surface area contributed by atoms with E-state index in [1.54, 1.807) is 29.2 Å². The van der Waals surface area contributed by atoms with Gasteiger partial charge in [-0.1, -0.05) is 44.7 Å². The van der Waals surface area contributed by atoms with Gasteiger partial charge in [-0.2, -0.15) is 26.3 Å². The Kier molecular flexibility index (Phi) is 11.1. The van der Waals surface area contributed by atoms with Gasteiger partial charge in [0.2, 0.25) is 0 Å². The second-order valence-corrected chi connectivity index (χ2v) is 8.03. The number of nitrogens with zero attached hydrogens (tertiary/aromatic N) is 3. The number of allylic oxidation sites excluding steroid dienone is 5. The van der Waals surface area contributed by atoms with Crippen LogP contribution in [0.2, 0.25) is 0 Å². The number of halogens is 6. The first-order chi connectivity index (χ1) is 17.6. The summed E-state index contributed by atoms with van der Waals surface area (Å²) in [6.45, 7) is 7.89. The number of rotatable bonds is 9. The minimum Gasteiger partial charge on any atom is -0.352 e. The molecule has 0 unspecified atom stereocenters. The summed E-state index contributed by atoms with van der Waals surface area (Å²) in [4.78, 5) is 10.4. The summed E-state index contributed by atoms with van der Waals surface area (Å²) in [6.07, 6.45) is 1.98. The highest BCUT2D eigenvalue weighted by atomic mass is 19.4. The molecule has 3 rings (SSSR count). The van der Waals surface area contributed by atoms with Gasteiger partial charge in [0.25, 0.3) is 0 Å². The Hall–Kier alpha value is -3.36. The molecule has 0 saturated carbocycles. The van der Waals surface area contributed by atoms with E-state index < -0.39 is 23.5 Å². The molecule has 1 aliphatic heterocycles. The molecule has 0 atom stereocenters. The molecule has 0 spiro atoms. The van der Waals surface area contributed by atoms with Crippen LogP contribution < -0.4 is 4.90 Å². The highest BCUT2D eigenvalue weighted by molar-refractivity contribution is 5.96. The molecule has 0 bridgehead atoms. The fourth-order valence-corrected chi connectivity index (χ4v) is 3.69. The Balaban J connectivity index is 0.00000235. The van der Waals surface area contributed by atoms with Gasteiger partial charge < -0.3 is 4.90 Å². The van der Waals surface area contributed by atoms with Crippen LogP contribution in [0.4, 0.5) is 32.2 Å². The largest absolute Gasteiger partial charge is 0.416 e. The van der Waals surface area contributed by atoms with Crippen molar-refractivity contribution >= 4 is 11.5 Å². The Morgan fingerprint density at radius 2 is 1.76 bits per heavy atom. The van der Waals surface area contributed by atoms with E-state index >= 15 is 0 Å². The standard InChI is InChI=1S/C26H25F6N3.C2H6/c1-2-21-9-3-4-10-22(34-21)11-6-8-16-35(24-12-5-7-15-33-24)18-19-13-14-20(25(27,28)29)17-23(19)26(30,31)32;1-2/h2-5,7,10,12-15,17H,1,6,8-9,11,16,18H2;1-2H3. The van der Waals surface area contributed by atoms with E-state index in [1.807, 2.05) is 32.1 Å². The number of alkyl halides is 6. The van der Waals surface area contributed by atoms with E-state index in [4.69, 9.17) is 0 Å². The zero-order valence-electron chi connectivity index (χ0n) is 20.9. The minimum absolute atomic E-state index is 0.174. The summed E-state index contributed by atoms with van der Waals surface area (Å²) in [5.74, 6) is 0.448. The highest BCUT2D eigenvalue weighted by Gasteiger charge is 2.38. The Morgan fingerprint density at radius 1 is 1.00 bits per heavy atom.